The van der Waals surface area contributed by atoms with E-state index in [1.807, 2.05) is 51.1 Å². The van der Waals surface area contributed by atoms with Crippen LogP contribution in [0.5, 0.6) is 0 Å². The molecule has 11 heteroatoms. The van der Waals surface area contributed by atoms with E-state index in [2.05, 4.69) is 41.3 Å². The van der Waals surface area contributed by atoms with Crippen LogP contribution in [-0.2, 0) is 28.7 Å². The molecular weight excluding hydrogens is 678 g/mol. The third kappa shape index (κ3) is 7.28. The first kappa shape index (κ1) is 37.8. The van der Waals surface area contributed by atoms with E-state index in [9.17, 15) is 24.3 Å². The molecule has 3 heterocycles. The van der Waals surface area contributed by atoms with Gasteiger partial charge < -0.3 is 29.7 Å². The first-order valence-corrected chi connectivity index (χ1v) is 18.2. The average Bonchev–Trinajstić information content (AvgIpc) is 3.68. The molecule has 0 aliphatic carbocycles. The molecule has 0 radical (unpaired) electrons. The van der Waals surface area contributed by atoms with Gasteiger partial charge in [-0.3, -0.25) is 19.2 Å². The molecule has 4 rings (SSSR count). The molecule has 264 valence electrons. The molecule has 3 aliphatic heterocycles. The van der Waals surface area contributed by atoms with Crippen LogP contribution in [0.2, 0.25) is 0 Å². The summed E-state index contributed by atoms with van der Waals surface area (Å²) in [7, 11) is 0. The summed E-state index contributed by atoms with van der Waals surface area (Å²) in [6.45, 7) is 15.5. The predicted octanol–water partition coefficient (Wildman–Crippen LogP) is 4.71. The van der Waals surface area contributed by atoms with E-state index in [4.69, 9.17) is 9.47 Å². The zero-order valence-corrected chi connectivity index (χ0v) is 30.3. The van der Waals surface area contributed by atoms with Crippen LogP contribution < -0.4 is 5.32 Å². The molecule has 0 aromatic heterocycles. The summed E-state index contributed by atoms with van der Waals surface area (Å²) in [6.07, 6.45) is 5.23. The normalized spacial score (nSPS) is 28.2. The highest BCUT2D eigenvalue weighted by molar-refractivity contribution is 9.09. The summed E-state index contributed by atoms with van der Waals surface area (Å²) >= 11 is 3.74. The summed E-state index contributed by atoms with van der Waals surface area (Å²) in [5, 5.41) is 13.5. The van der Waals surface area contributed by atoms with Gasteiger partial charge in [-0.15, -0.1) is 13.2 Å². The number of hydrogen-bond donors (Lipinski definition) is 2. The maximum atomic E-state index is 14.8. The minimum absolute atomic E-state index is 0.0468. The largest absolute Gasteiger partial charge is 0.455 e. The first-order chi connectivity index (χ1) is 23.0. The van der Waals surface area contributed by atoms with Gasteiger partial charge in [0.05, 0.1) is 37.1 Å². The molecule has 3 fully saturated rings. The maximum Gasteiger partial charge on any atom is 0.313 e. The number of carbonyl (C=O) groups is 4. The smallest absolute Gasteiger partial charge is 0.313 e. The number of alkyl halides is 1. The Morgan fingerprint density at radius 1 is 1.21 bits per heavy atom. The first-order valence-electron chi connectivity index (χ1n) is 17.3. The van der Waals surface area contributed by atoms with Crippen LogP contribution in [0.25, 0.3) is 0 Å². The highest BCUT2D eigenvalue weighted by Gasteiger charge is 2.77. The van der Waals surface area contributed by atoms with Gasteiger partial charge in [0, 0.05) is 23.8 Å². The fraction of sp³-hybridized carbons (Fsp3) is 0.622. The van der Waals surface area contributed by atoms with E-state index >= 15 is 0 Å². The molecule has 1 aromatic rings. The average molecular weight is 731 g/mol. The van der Waals surface area contributed by atoms with Crippen LogP contribution in [0.15, 0.2) is 55.6 Å². The van der Waals surface area contributed by atoms with E-state index in [1.54, 1.807) is 17.1 Å². The number of carbonyl (C=O) groups excluding carboxylic acids is 4. The van der Waals surface area contributed by atoms with E-state index < -0.39 is 47.7 Å². The minimum atomic E-state index is -1.30. The van der Waals surface area contributed by atoms with Crippen molar-refractivity contribution >= 4 is 39.6 Å². The second-order valence-electron chi connectivity index (χ2n) is 13.4. The van der Waals surface area contributed by atoms with Gasteiger partial charge in [0.2, 0.25) is 17.7 Å². The SMILES string of the molecule is C=CCCC(=O)NC[C@H](OC(=O)[C@@H]1[C@H]2O[C@@]3(CC2Br)[C@H](C(=O)N(CC=C)C(C)CCC)N([C@@H](CO)[C@@H](C)CC)C(=O)[C@@H]13)c1ccccc1. The number of aliphatic hydroxyl groups excluding tert-OH is 1. The van der Waals surface area contributed by atoms with Gasteiger partial charge >= 0.3 is 5.97 Å². The van der Waals surface area contributed by atoms with Crippen molar-refractivity contribution in [2.24, 2.45) is 17.8 Å². The van der Waals surface area contributed by atoms with Gasteiger partial charge in [0.1, 0.15) is 17.7 Å². The molecule has 2 N–H and O–H groups in total. The fourth-order valence-corrected chi connectivity index (χ4v) is 8.73. The zero-order valence-electron chi connectivity index (χ0n) is 28.7. The highest BCUT2D eigenvalue weighted by atomic mass is 79.9. The zero-order chi connectivity index (χ0) is 35.2. The Kier molecular flexibility index (Phi) is 13.1. The standard InChI is InChI=1S/C37H52BrN3O7/c1-7-11-18-29(43)39-21-28(25-16-13-12-14-17-25)47-36(46)30-31-34(44)41(27(22-42)23(5)10-4)33(37(31)20-26(38)32(30)48-37)35(45)40(19-9-3)24(6)15-8-2/h7,9,12-14,16-17,23-24,26-28,30-33,42H,1,3,8,10-11,15,18-22H2,2,4-6H3,(H,39,43)/t23-,24?,26?,27-,28-,30-,31+,32-,33-,37+/m0/s1. The Bertz CT molecular complexity index is 1330. The molecular formula is C37H52BrN3O7. The molecule has 1 aromatic carbocycles. The number of nitrogens with zero attached hydrogens (tertiary/aromatic N) is 2. The molecule has 2 bridgehead atoms. The summed E-state index contributed by atoms with van der Waals surface area (Å²) in [5.74, 6) is -3.59. The summed E-state index contributed by atoms with van der Waals surface area (Å²) in [6, 6.07) is 7.32. The number of hydrogen-bond acceptors (Lipinski definition) is 7. The third-order valence-electron chi connectivity index (χ3n) is 10.4. The van der Waals surface area contributed by atoms with Crippen molar-refractivity contribution in [2.75, 3.05) is 19.7 Å². The summed E-state index contributed by atoms with van der Waals surface area (Å²) < 4.78 is 12.9. The number of aliphatic hydroxyl groups is 1. The van der Waals surface area contributed by atoms with E-state index in [0.717, 1.165) is 12.8 Å². The van der Waals surface area contributed by atoms with Crippen molar-refractivity contribution in [2.45, 2.75) is 107 Å². The Morgan fingerprint density at radius 3 is 2.52 bits per heavy atom. The number of esters is 1. The van der Waals surface area contributed by atoms with Gasteiger partial charge in [-0.1, -0.05) is 92.0 Å². The Morgan fingerprint density at radius 2 is 1.92 bits per heavy atom. The van der Waals surface area contributed by atoms with Crippen LogP contribution in [-0.4, -0.2) is 93.0 Å². The predicted molar refractivity (Wildman–Crippen MR) is 187 cm³/mol. The Balaban J connectivity index is 1.74. The van der Waals surface area contributed by atoms with Crippen molar-refractivity contribution in [3.63, 3.8) is 0 Å². The van der Waals surface area contributed by atoms with Crippen LogP contribution in [0.3, 0.4) is 0 Å². The lowest BCUT2D eigenvalue weighted by atomic mass is 9.70. The summed E-state index contributed by atoms with van der Waals surface area (Å²) in [4.78, 5) is 59.3. The number of ether oxygens (including phenoxy) is 2. The molecule has 1 spiro atoms. The lowest BCUT2D eigenvalue weighted by Gasteiger charge is -2.42. The lowest BCUT2D eigenvalue weighted by Crippen LogP contribution is -2.61. The van der Waals surface area contributed by atoms with Crippen molar-refractivity contribution in [1.29, 1.82) is 0 Å². The number of halogens is 1. The van der Waals surface area contributed by atoms with Crippen LogP contribution >= 0.6 is 15.9 Å². The van der Waals surface area contributed by atoms with Gasteiger partial charge in [0.25, 0.3) is 0 Å². The van der Waals surface area contributed by atoms with E-state index in [0.29, 0.717) is 24.8 Å². The molecule has 10 atom stereocenters. The van der Waals surface area contributed by atoms with Crippen LogP contribution in [0.1, 0.15) is 77.9 Å². The third-order valence-corrected chi connectivity index (χ3v) is 11.3. The number of rotatable bonds is 18. The monoisotopic (exact) mass is 729 g/mol. The van der Waals surface area contributed by atoms with Gasteiger partial charge in [-0.2, -0.15) is 0 Å². The number of fused-ring (bicyclic) bond motifs is 1. The topological polar surface area (TPSA) is 125 Å². The quantitative estimate of drug-likeness (QED) is 0.127. The van der Waals surface area contributed by atoms with Gasteiger partial charge in [-0.25, -0.2) is 0 Å². The molecule has 48 heavy (non-hydrogen) atoms. The molecule has 10 nitrogen and oxygen atoms in total. The molecule has 3 aliphatic rings. The second-order valence-corrected chi connectivity index (χ2v) is 14.6. The molecule has 3 amide bonds. The number of likely N-dealkylation sites (tertiary alicyclic amines) is 1. The Hall–Kier alpha value is -3.02. The van der Waals surface area contributed by atoms with E-state index in [-0.39, 0.29) is 60.6 Å². The van der Waals surface area contributed by atoms with Crippen molar-refractivity contribution in [1.82, 2.24) is 15.1 Å². The highest BCUT2D eigenvalue weighted by Crippen LogP contribution is 2.61. The van der Waals surface area contributed by atoms with Gasteiger partial charge in [0.15, 0.2) is 0 Å². The van der Waals surface area contributed by atoms with Crippen molar-refractivity contribution < 1.29 is 33.8 Å². The van der Waals surface area contributed by atoms with Gasteiger partial charge in [-0.05, 0) is 37.7 Å². The molecule has 0 saturated carbocycles. The van der Waals surface area contributed by atoms with E-state index in [1.165, 1.54) is 4.90 Å². The number of amides is 3. The Labute approximate surface area is 293 Å². The van der Waals surface area contributed by atoms with Crippen LogP contribution in [0, 0.1) is 17.8 Å². The van der Waals surface area contributed by atoms with Crippen molar-refractivity contribution in [3.05, 3.63) is 61.2 Å². The maximum absolute atomic E-state index is 14.8. The second kappa shape index (κ2) is 16.6. The summed E-state index contributed by atoms with van der Waals surface area (Å²) in [5.41, 5.74) is -0.608. The fourth-order valence-electron chi connectivity index (χ4n) is 7.79. The molecule has 3 saturated heterocycles. The minimum Gasteiger partial charge on any atom is -0.455 e. The van der Waals surface area contributed by atoms with Crippen LogP contribution in [0.4, 0.5) is 0 Å². The number of benzene rings is 1. The van der Waals surface area contributed by atoms with Crippen molar-refractivity contribution in [3.8, 4) is 0 Å². The lowest BCUT2D eigenvalue weighted by molar-refractivity contribution is -0.161. The number of nitrogens with one attached hydrogen (secondary N) is 1. The number of allylic oxidation sites excluding steroid dienone is 1. The molecule has 2 unspecified atom stereocenters.